The zero-order valence-electron chi connectivity index (χ0n) is 11.5. The van der Waals surface area contributed by atoms with Crippen LogP contribution >= 0.6 is 0 Å². The number of anilines is 2. The minimum absolute atomic E-state index is 0.199. The molecule has 3 aromatic rings. The molecule has 1 aliphatic rings. The van der Waals surface area contributed by atoms with Crippen molar-refractivity contribution < 1.29 is 4.42 Å². The summed E-state index contributed by atoms with van der Waals surface area (Å²) in [6.45, 7) is 1.01. The van der Waals surface area contributed by atoms with Crippen LogP contribution in [0.1, 0.15) is 5.56 Å². The fraction of sp³-hybridized carbons (Fsp3) is 0.214. The van der Waals surface area contributed by atoms with E-state index in [0.29, 0.717) is 11.6 Å². The molecule has 21 heavy (non-hydrogen) atoms. The molecule has 0 aromatic carbocycles. The molecular weight excluding hydrogens is 268 g/mol. The number of furan rings is 1. The van der Waals surface area contributed by atoms with Crippen LogP contribution in [-0.4, -0.2) is 33.8 Å². The SMILES string of the molecule is CN1CCc2cc(-c3ccc(-c4nc(N)n[nH]4)o3)cnc21. The lowest BCUT2D eigenvalue weighted by Gasteiger charge is -2.10. The van der Waals surface area contributed by atoms with Crippen LogP contribution in [0, 0.1) is 0 Å². The van der Waals surface area contributed by atoms with Gasteiger partial charge >= 0.3 is 0 Å². The minimum Gasteiger partial charge on any atom is -0.453 e. The van der Waals surface area contributed by atoms with Crippen molar-refractivity contribution in [1.82, 2.24) is 20.2 Å². The number of rotatable bonds is 2. The third-order valence-electron chi connectivity index (χ3n) is 3.65. The first kappa shape index (κ1) is 12.0. The first-order valence-corrected chi connectivity index (χ1v) is 6.69. The number of aromatic nitrogens is 4. The van der Waals surface area contributed by atoms with Crippen molar-refractivity contribution in [3.8, 4) is 22.9 Å². The largest absolute Gasteiger partial charge is 0.453 e. The van der Waals surface area contributed by atoms with E-state index >= 15 is 0 Å². The number of hydrogen-bond donors (Lipinski definition) is 2. The van der Waals surface area contributed by atoms with E-state index < -0.39 is 0 Å². The monoisotopic (exact) mass is 282 g/mol. The van der Waals surface area contributed by atoms with Gasteiger partial charge in [-0.1, -0.05) is 0 Å². The summed E-state index contributed by atoms with van der Waals surface area (Å²) in [7, 11) is 2.05. The van der Waals surface area contributed by atoms with Crippen LogP contribution in [0.2, 0.25) is 0 Å². The first-order chi connectivity index (χ1) is 10.2. The number of nitrogens with two attached hydrogens (primary N) is 1. The number of nitrogens with one attached hydrogen (secondary N) is 1. The molecule has 4 rings (SSSR count). The lowest BCUT2D eigenvalue weighted by molar-refractivity contribution is 0.592. The highest BCUT2D eigenvalue weighted by Gasteiger charge is 2.18. The van der Waals surface area contributed by atoms with E-state index in [0.717, 1.165) is 30.1 Å². The summed E-state index contributed by atoms with van der Waals surface area (Å²) in [6.07, 6.45) is 2.84. The smallest absolute Gasteiger partial charge is 0.239 e. The maximum Gasteiger partial charge on any atom is 0.239 e. The molecule has 0 fully saturated rings. The molecule has 1 aliphatic heterocycles. The third kappa shape index (κ3) is 1.94. The number of fused-ring (bicyclic) bond motifs is 1. The quantitative estimate of drug-likeness (QED) is 0.742. The molecule has 3 aromatic heterocycles. The fourth-order valence-electron chi connectivity index (χ4n) is 2.56. The molecule has 0 unspecified atom stereocenters. The van der Waals surface area contributed by atoms with Gasteiger partial charge < -0.3 is 15.1 Å². The number of nitrogens with zero attached hydrogens (tertiary/aromatic N) is 4. The molecule has 4 heterocycles. The number of hydrogen-bond acceptors (Lipinski definition) is 6. The number of nitrogen functional groups attached to an aromatic ring is 1. The van der Waals surface area contributed by atoms with E-state index in [1.54, 1.807) is 0 Å². The first-order valence-electron chi connectivity index (χ1n) is 6.69. The van der Waals surface area contributed by atoms with Gasteiger partial charge in [-0.2, -0.15) is 4.98 Å². The summed E-state index contributed by atoms with van der Waals surface area (Å²) < 4.78 is 5.81. The molecule has 106 valence electrons. The van der Waals surface area contributed by atoms with Gasteiger partial charge in [0, 0.05) is 25.4 Å². The predicted molar refractivity (Wildman–Crippen MR) is 78.7 cm³/mol. The highest BCUT2D eigenvalue weighted by molar-refractivity contribution is 5.65. The average Bonchev–Trinajstić information content (AvgIpc) is 3.19. The van der Waals surface area contributed by atoms with Crippen molar-refractivity contribution in [1.29, 1.82) is 0 Å². The highest BCUT2D eigenvalue weighted by atomic mass is 16.3. The normalized spacial score (nSPS) is 13.7. The van der Waals surface area contributed by atoms with Gasteiger partial charge in [0.1, 0.15) is 11.6 Å². The van der Waals surface area contributed by atoms with Gasteiger partial charge in [-0.25, -0.2) is 4.98 Å². The molecule has 0 saturated carbocycles. The van der Waals surface area contributed by atoms with Crippen LogP contribution in [0.25, 0.3) is 22.9 Å². The van der Waals surface area contributed by atoms with E-state index in [4.69, 9.17) is 10.2 Å². The standard InChI is InChI=1S/C14H14N6O/c1-20-5-4-8-6-9(7-16-13(8)20)10-2-3-11(21-10)12-17-14(15)19-18-12/h2-3,6-7H,4-5H2,1H3,(H3,15,17,18,19). The Hall–Kier alpha value is -2.83. The van der Waals surface area contributed by atoms with Gasteiger partial charge in [0.15, 0.2) is 11.6 Å². The maximum absolute atomic E-state index is 5.81. The Bertz CT molecular complexity index is 805. The van der Waals surface area contributed by atoms with Gasteiger partial charge in [0.25, 0.3) is 0 Å². The van der Waals surface area contributed by atoms with Gasteiger partial charge in [-0.3, -0.25) is 5.10 Å². The third-order valence-corrected chi connectivity index (χ3v) is 3.65. The predicted octanol–water partition coefficient (Wildman–Crippen LogP) is 1.70. The van der Waals surface area contributed by atoms with Crippen LogP contribution < -0.4 is 10.6 Å². The van der Waals surface area contributed by atoms with Crippen molar-refractivity contribution in [2.45, 2.75) is 6.42 Å². The molecule has 7 heteroatoms. The van der Waals surface area contributed by atoms with Crippen molar-refractivity contribution in [2.75, 3.05) is 24.2 Å². The molecule has 0 aliphatic carbocycles. The van der Waals surface area contributed by atoms with E-state index in [2.05, 4.69) is 38.2 Å². The molecule has 0 radical (unpaired) electrons. The van der Waals surface area contributed by atoms with Crippen LogP contribution in [0.15, 0.2) is 28.8 Å². The molecule has 0 saturated heterocycles. The highest BCUT2D eigenvalue weighted by Crippen LogP contribution is 2.31. The zero-order chi connectivity index (χ0) is 14.4. The summed E-state index contributed by atoms with van der Waals surface area (Å²) >= 11 is 0. The molecular formula is C14H14N6O. The summed E-state index contributed by atoms with van der Waals surface area (Å²) in [6, 6.07) is 5.87. The molecule has 0 spiro atoms. The summed E-state index contributed by atoms with van der Waals surface area (Å²) in [4.78, 5) is 10.7. The molecule has 0 amide bonds. The van der Waals surface area contributed by atoms with Crippen LogP contribution in [0.3, 0.4) is 0 Å². The van der Waals surface area contributed by atoms with Crippen molar-refractivity contribution in [2.24, 2.45) is 0 Å². The number of likely N-dealkylation sites (N-methyl/N-ethyl adjacent to an activating group) is 1. The van der Waals surface area contributed by atoms with Crippen LogP contribution in [0.5, 0.6) is 0 Å². The number of H-pyrrole nitrogens is 1. The second kappa shape index (κ2) is 4.34. The topological polar surface area (TPSA) is 96.9 Å². The van der Waals surface area contributed by atoms with E-state index in [1.807, 2.05) is 18.3 Å². The number of pyridine rings is 1. The zero-order valence-corrected chi connectivity index (χ0v) is 11.5. The summed E-state index contributed by atoms with van der Waals surface area (Å²) in [5.41, 5.74) is 7.71. The Balaban J connectivity index is 1.70. The second-order valence-electron chi connectivity index (χ2n) is 5.08. The molecule has 0 bridgehead atoms. The Morgan fingerprint density at radius 3 is 3.00 bits per heavy atom. The Kier molecular flexibility index (Phi) is 2.47. The number of aromatic amines is 1. The van der Waals surface area contributed by atoms with Gasteiger partial charge in [0.2, 0.25) is 5.95 Å². The lowest BCUT2D eigenvalue weighted by atomic mass is 10.1. The van der Waals surface area contributed by atoms with Crippen LogP contribution in [0.4, 0.5) is 11.8 Å². The van der Waals surface area contributed by atoms with E-state index in [9.17, 15) is 0 Å². The molecule has 0 atom stereocenters. The maximum atomic E-state index is 5.81. The van der Waals surface area contributed by atoms with E-state index in [1.165, 1.54) is 5.56 Å². The van der Waals surface area contributed by atoms with Gasteiger partial charge in [-0.05, 0) is 30.2 Å². The van der Waals surface area contributed by atoms with Crippen LogP contribution in [-0.2, 0) is 6.42 Å². The van der Waals surface area contributed by atoms with Crippen molar-refractivity contribution in [3.63, 3.8) is 0 Å². The Labute approximate surface area is 120 Å². The van der Waals surface area contributed by atoms with Crippen molar-refractivity contribution in [3.05, 3.63) is 30.0 Å². The van der Waals surface area contributed by atoms with Gasteiger partial charge in [-0.15, -0.1) is 5.10 Å². The van der Waals surface area contributed by atoms with Gasteiger partial charge in [0.05, 0.1) is 0 Å². The second-order valence-corrected chi connectivity index (χ2v) is 5.08. The fourth-order valence-corrected chi connectivity index (χ4v) is 2.56. The average molecular weight is 282 g/mol. The minimum atomic E-state index is 0.199. The van der Waals surface area contributed by atoms with E-state index in [-0.39, 0.29) is 5.95 Å². The lowest BCUT2D eigenvalue weighted by Crippen LogP contribution is -2.13. The summed E-state index contributed by atoms with van der Waals surface area (Å²) in [5.74, 6) is 3.13. The molecule has 3 N–H and O–H groups in total. The molecule has 7 nitrogen and oxygen atoms in total. The Morgan fingerprint density at radius 1 is 1.33 bits per heavy atom. The summed E-state index contributed by atoms with van der Waals surface area (Å²) in [5, 5.41) is 6.53. The Morgan fingerprint density at radius 2 is 2.19 bits per heavy atom. The van der Waals surface area contributed by atoms with Crippen molar-refractivity contribution >= 4 is 11.8 Å².